The summed E-state index contributed by atoms with van der Waals surface area (Å²) in [4.78, 5) is 15.8. The number of halogens is 2. The van der Waals surface area contributed by atoms with Crippen LogP contribution in [0.1, 0.15) is 16.1 Å². The molecular formula is C21H14F2N2O2. The van der Waals surface area contributed by atoms with Crippen LogP contribution in [0, 0.1) is 18.6 Å². The number of rotatable bonds is 3. The third-order valence-electron chi connectivity index (χ3n) is 4.52. The number of carboxylic acid groups (broad SMARTS) is 1. The fourth-order valence-electron chi connectivity index (χ4n) is 3.19. The van der Waals surface area contributed by atoms with E-state index in [4.69, 9.17) is 0 Å². The summed E-state index contributed by atoms with van der Waals surface area (Å²) in [7, 11) is 0. The molecule has 27 heavy (non-hydrogen) atoms. The molecule has 2 heterocycles. The molecule has 1 N–H and O–H groups in total. The molecule has 2 aromatic carbocycles. The van der Waals surface area contributed by atoms with Crippen LogP contribution in [-0.2, 0) is 0 Å². The Morgan fingerprint density at radius 3 is 2.44 bits per heavy atom. The number of aromatic nitrogens is 2. The highest BCUT2D eigenvalue weighted by Crippen LogP contribution is 2.35. The normalized spacial score (nSPS) is 11.1. The molecule has 4 aromatic rings. The van der Waals surface area contributed by atoms with Crippen molar-refractivity contribution in [3.05, 3.63) is 83.7 Å². The quantitative estimate of drug-likeness (QED) is 0.559. The molecule has 2 aromatic heterocycles. The van der Waals surface area contributed by atoms with E-state index in [1.165, 1.54) is 24.3 Å². The molecule has 0 fully saturated rings. The van der Waals surface area contributed by atoms with Gasteiger partial charge in [-0.05, 0) is 36.8 Å². The molecular weight excluding hydrogens is 350 g/mol. The van der Waals surface area contributed by atoms with Crippen LogP contribution >= 0.6 is 0 Å². The summed E-state index contributed by atoms with van der Waals surface area (Å²) in [5.41, 5.74) is 3.55. The Bertz CT molecular complexity index is 1200. The van der Waals surface area contributed by atoms with E-state index in [1.807, 2.05) is 19.1 Å². The average molecular weight is 364 g/mol. The zero-order valence-electron chi connectivity index (χ0n) is 14.3. The van der Waals surface area contributed by atoms with Gasteiger partial charge in [0.2, 0.25) is 0 Å². The summed E-state index contributed by atoms with van der Waals surface area (Å²) >= 11 is 0. The molecule has 0 aliphatic heterocycles. The summed E-state index contributed by atoms with van der Waals surface area (Å²) in [5, 5.41) is 9.17. The van der Waals surface area contributed by atoms with E-state index >= 15 is 0 Å². The maximum Gasteiger partial charge on any atom is 0.335 e. The second kappa shape index (κ2) is 6.32. The Kier molecular flexibility index (Phi) is 3.96. The molecule has 4 rings (SSSR count). The maximum absolute atomic E-state index is 14.3. The Morgan fingerprint density at radius 2 is 1.74 bits per heavy atom. The highest BCUT2D eigenvalue weighted by molar-refractivity contribution is 5.89. The Balaban J connectivity index is 1.94. The number of aryl methyl sites for hydroxylation is 1. The van der Waals surface area contributed by atoms with E-state index in [9.17, 15) is 18.7 Å². The lowest BCUT2D eigenvalue weighted by atomic mass is 9.96. The van der Waals surface area contributed by atoms with Gasteiger partial charge >= 0.3 is 5.97 Å². The van der Waals surface area contributed by atoms with Gasteiger partial charge in [-0.15, -0.1) is 0 Å². The smallest absolute Gasteiger partial charge is 0.335 e. The largest absolute Gasteiger partial charge is 0.478 e. The van der Waals surface area contributed by atoms with Crippen molar-refractivity contribution in [2.24, 2.45) is 0 Å². The molecule has 0 spiro atoms. The van der Waals surface area contributed by atoms with Gasteiger partial charge in [-0.2, -0.15) is 0 Å². The van der Waals surface area contributed by atoms with E-state index in [0.717, 1.165) is 11.8 Å². The number of carbonyl (C=O) groups is 1. The van der Waals surface area contributed by atoms with Crippen LogP contribution in [0.5, 0.6) is 0 Å². The average Bonchev–Trinajstić information content (AvgIpc) is 2.98. The first-order chi connectivity index (χ1) is 13.0. The van der Waals surface area contributed by atoms with Gasteiger partial charge in [-0.1, -0.05) is 24.3 Å². The van der Waals surface area contributed by atoms with Gasteiger partial charge in [0.1, 0.15) is 17.3 Å². The van der Waals surface area contributed by atoms with E-state index in [1.54, 1.807) is 22.7 Å². The van der Waals surface area contributed by atoms with Crippen LogP contribution in [0.25, 0.3) is 28.0 Å². The van der Waals surface area contributed by atoms with Crippen LogP contribution in [0.2, 0.25) is 0 Å². The first-order valence-corrected chi connectivity index (χ1v) is 8.22. The topological polar surface area (TPSA) is 54.6 Å². The first-order valence-electron chi connectivity index (χ1n) is 8.22. The van der Waals surface area contributed by atoms with Gasteiger partial charge in [0.15, 0.2) is 0 Å². The summed E-state index contributed by atoms with van der Waals surface area (Å²) in [5.74, 6) is -2.33. The summed E-state index contributed by atoms with van der Waals surface area (Å²) in [6.45, 7) is 1.85. The summed E-state index contributed by atoms with van der Waals surface area (Å²) < 4.78 is 29.4. The molecule has 0 saturated heterocycles. The molecule has 0 radical (unpaired) electrons. The summed E-state index contributed by atoms with van der Waals surface area (Å²) in [6, 6.07) is 13.6. The minimum atomic E-state index is -1.03. The highest BCUT2D eigenvalue weighted by atomic mass is 19.1. The third-order valence-corrected chi connectivity index (χ3v) is 4.52. The lowest BCUT2D eigenvalue weighted by Gasteiger charge is -2.10. The predicted molar refractivity (Wildman–Crippen MR) is 97.7 cm³/mol. The maximum atomic E-state index is 14.3. The Hall–Kier alpha value is -3.54. The number of benzene rings is 2. The molecule has 0 bridgehead atoms. The number of fused-ring (bicyclic) bond motifs is 1. The number of hydrogen-bond donors (Lipinski definition) is 1. The summed E-state index contributed by atoms with van der Waals surface area (Å²) in [6.07, 6.45) is 1.64. The standard InChI is InChI=1S/C21H14F2N2O2/c1-12-20(24-19-10-13(21(26)27)8-9-25(12)19)17-5-3-2-4-15(17)16-7-6-14(22)11-18(16)23/h2-11H,1H3,(H,26,27). The van der Waals surface area contributed by atoms with Crippen LogP contribution in [-0.4, -0.2) is 20.5 Å². The van der Waals surface area contributed by atoms with Crippen molar-refractivity contribution in [1.29, 1.82) is 0 Å². The van der Waals surface area contributed by atoms with Gasteiger partial charge in [0, 0.05) is 29.1 Å². The van der Waals surface area contributed by atoms with Crippen molar-refractivity contribution in [2.75, 3.05) is 0 Å². The lowest BCUT2D eigenvalue weighted by molar-refractivity contribution is 0.0697. The van der Waals surface area contributed by atoms with Crippen molar-refractivity contribution >= 4 is 11.6 Å². The molecule has 6 heteroatoms. The van der Waals surface area contributed by atoms with Crippen molar-refractivity contribution in [2.45, 2.75) is 6.92 Å². The van der Waals surface area contributed by atoms with Crippen LogP contribution < -0.4 is 0 Å². The lowest BCUT2D eigenvalue weighted by Crippen LogP contribution is -1.97. The second-order valence-corrected chi connectivity index (χ2v) is 6.16. The fourth-order valence-corrected chi connectivity index (χ4v) is 3.19. The van der Waals surface area contributed by atoms with E-state index < -0.39 is 17.6 Å². The van der Waals surface area contributed by atoms with Gasteiger partial charge in [0.05, 0.1) is 11.3 Å². The SMILES string of the molecule is Cc1c(-c2ccccc2-c2ccc(F)cc2F)nc2cc(C(=O)O)ccn12. The van der Waals surface area contributed by atoms with Crippen molar-refractivity contribution in [3.63, 3.8) is 0 Å². The number of pyridine rings is 1. The number of carboxylic acids is 1. The minimum absolute atomic E-state index is 0.136. The molecule has 0 unspecified atom stereocenters. The van der Waals surface area contributed by atoms with Gasteiger partial charge < -0.3 is 9.51 Å². The Morgan fingerprint density at radius 1 is 1.00 bits per heavy atom. The van der Waals surface area contributed by atoms with Crippen LogP contribution in [0.4, 0.5) is 8.78 Å². The fraction of sp³-hybridized carbons (Fsp3) is 0.0476. The zero-order valence-corrected chi connectivity index (χ0v) is 14.3. The number of nitrogens with zero attached hydrogens (tertiary/aromatic N) is 2. The van der Waals surface area contributed by atoms with Crippen molar-refractivity contribution < 1.29 is 18.7 Å². The molecule has 134 valence electrons. The molecule has 0 aliphatic carbocycles. The molecule has 4 nitrogen and oxygen atoms in total. The highest BCUT2D eigenvalue weighted by Gasteiger charge is 2.17. The third kappa shape index (κ3) is 2.85. The van der Waals surface area contributed by atoms with Gasteiger partial charge in [0.25, 0.3) is 0 Å². The first kappa shape index (κ1) is 16.9. The second-order valence-electron chi connectivity index (χ2n) is 6.16. The van der Waals surface area contributed by atoms with E-state index in [2.05, 4.69) is 4.98 Å². The van der Waals surface area contributed by atoms with Crippen LogP contribution in [0.15, 0.2) is 60.8 Å². The molecule has 0 amide bonds. The molecule has 0 saturated carbocycles. The van der Waals surface area contributed by atoms with Gasteiger partial charge in [-0.3, -0.25) is 0 Å². The molecule has 0 aliphatic rings. The minimum Gasteiger partial charge on any atom is -0.478 e. The van der Waals surface area contributed by atoms with E-state index in [0.29, 0.717) is 22.5 Å². The number of hydrogen-bond acceptors (Lipinski definition) is 2. The Labute approximate surface area is 153 Å². The zero-order chi connectivity index (χ0) is 19.1. The van der Waals surface area contributed by atoms with Crippen molar-refractivity contribution in [3.8, 4) is 22.4 Å². The van der Waals surface area contributed by atoms with E-state index in [-0.39, 0.29) is 11.1 Å². The van der Waals surface area contributed by atoms with Gasteiger partial charge in [-0.25, -0.2) is 18.6 Å². The number of imidazole rings is 1. The molecule has 0 atom stereocenters. The predicted octanol–water partition coefficient (Wildman–Crippen LogP) is 4.95. The van der Waals surface area contributed by atoms with Crippen LogP contribution in [0.3, 0.4) is 0 Å². The monoisotopic (exact) mass is 364 g/mol. The van der Waals surface area contributed by atoms with Crippen molar-refractivity contribution in [1.82, 2.24) is 9.38 Å². The number of aromatic carboxylic acids is 1.